The van der Waals surface area contributed by atoms with Crippen molar-refractivity contribution in [2.24, 2.45) is 16.8 Å². The van der Waals surface area contributed by atoms with E-state index in [-0.39, 0.29) is 5.84 Å². The molecule has 1 unspecified atom stereocenters. The van der Waals surface area contributed by atoms with E-state index in [9.17, 15) is 0 Å². The summed E-state index contributed by atoms with van der Waals surface area (Å²) in [6.07, 6.45) is 4.25. The van der Waals surface area contributed by atoms with Crippen molar-refractivity contribution in [3.05, 3.63) is 29.6 Å². The van der Waals surface area contributed by atoms with E-state index >= 15 is 0 Å². The van der Waals surface area contributed by atoms with Crippen molar-refractivity contribution >= 4 is 5.84 Å². The summed E-state index contributed by atoms with van der Waals surface area (Å²) in [6.45, 7) is 6.59. The summed E-state index contributed by atoms with van der Waals surface area (Å²) in [5, 5.41) is 11.7. The summed E-state index contributed by atoms with van der Waals surface area (Å²) in [4.78, 5) is 6.61. The minimum absolute atomic E-state index is 0.0590. The van der Waals surface area contributed by atoms with E-state index in [1.165, 1.54) is 12.8 Å². The van der Waals surface area contributed by atoms with E-state index in [2.05, 4.69) is 28.9 Å². The van der Waals surface area contributed by atoms with Gasteiger partial charge < -0.3 is 10.9 Å². The van der Waals surface area contributed by atoms with Crippen molar-refractivity contribution < 1.29 is 5.21 Å². The number of hydrogen-bond acceptors (Lipinski definition) is 4. The summed E-state index contributed by atoms with van der Waals surface area (Å²) >= 11 is 0. The fraction of sp³-hybridized carbons (Fsp3) is 0.571. The second-order valence-corrected chi connectivity index (χ2v) is 5.46. The molecule has 0 bridgehead atoms. The Morgan fingerprint density at radius 2 is 2.42 bits per heavy atom. The molecule has 0 aliphatic carbocycles. The first kappa shape index (κ1) is 13.8. The standard InChI is InChI=1S/C14H22N4O/c1-10(2)13-4-3-7-18(13)9-11-5-6-16-12(8-11)14(15)17-19/h5-6,8,10,13,19H,3-4,7,9H2,1-2H3,(H2,15,17). The molecule has 1 fully saturated rings. The molecule has 5 heteroatoms. The zero-order valence-electron chi connectivity index (χ0n) is 11.6. The van der Waals surface area contributed by atoms with Gasteiger partial charge >= 0.3 is 0 Å². The van der Waals surface area contributed by atoms with E-state index < -0.39 is 0 Å². The van der Waals surface area contributed by atoms with Crippen LogP contribution in [0.1, 0.15) is 37.9 Å². The van der Waals surface area contributed by atoms with Crippen LogP contribution in [-0.2, 0) is 6.54 Å². The molecule has 3 N–H and O–H groups in total. The van der Waals surface area contributed by atoms with E-state index in [1.54, 1.807) is 6.20 Å². The number of rotatable bonds is 4. The lowest BCUT2D eigenvalue weighted by Gasteiger charge is -2.27. The van der Waals surface area contributed by atoms with Crippen LogP contribution >= 0.6 is 0 Å². The van der Waals surface area contributed by atoms with Crippen molar-refractivity contribution in [2.45, 2.75) is 39.3 Å². The van der Waals surface area contributed by atoms with Crippen LogP contribution in [-0.4, -0.2) is 33.5 Å². The molecule has 0 spiro atoms. The predicted molar refractivity (Wildman–Crippen MR) is 75.0 cm³/mol. The molecule has 1 aliphatic heterocycles. The Balaban J connectivity index is 2.11. The summed E-state index contributed by atoms with van der Waals surface area (Å²) in [5.74, 6) is 0.733. The van der Waals surface area contributed by atoms with Crippen LogP contribution in [0.4, 0.5) is 0 Å². The van der Waals surface area contributed by atoms with Gasteiger partial charge in [0.15, 0.2) is 5.84 Å². The quantitative estimate of drug-likeness (QED) is 0.375. The molecular formula is C14H22N4O. The van der Waals surface area contributed by atoms with Gasteiger partial charge in [0, 0.05) is 18.8 Å². The third kappa shape index (κ3) is 3.23. The molecule has 2 heterocycles. The molecule has 0 amide bonds. The Morgan fingerprint density at radius 3 is 3.11 bits per heavy atom. The Hall–Kier alpha value is -1.62. The number of amidine groups is 1. The second-order valence-electron chi connectivity index (χ2n) is 5.46. The lowest BCUT2D eigenvalue weighted by molar-refractivity contribution is 0.199. The lowest BCUT2D eigenvalue weighted by Crippen LogP contribution is -2.33. The van der Waals surface area contributed by atoms with Gasteiger partial charge in [-0.3, -0.25) is 9.88 Å². The van der Waals surface area contributed by atoms with Gasteiger partial charge in [0.2, 0.25) is 0 Å². The molecule has 1 atom stereocenters. The van der Waals surface area contributed by atoms with Crippen molar-refractivity contribution in [3.8, 4) is 0 Å². The molecule has 1 aliphatic rings. The smallest absolute Gasteiger partial charge is 0.188 e. The SMILES string of the molecule is CC(C)C1CCCN1Cc1ccnc(C(N)=NO)c1. The third-order valence-corrected chi connectivity index (χ3v) is 3.76. The largest absolute Gasteiger partial charge is 0.409 e. The first-order chi connectivity index (χ1) is 9.11. The Bertz CT molecular complexity index is 459. The highest BCUT2D eigenvalue weighted by Crippen LogP contribution is 2.25. The number of likely N-dealkylation sites (tertiary alicyclic amines) is 1. The van der Waals surface area contributed by atoms with Crippen LogP contribution in [0.15, 0.2) is 23.5 Å². The van der Waals surface area contributed by atoms with Gasteiger partial charge in [-0.2, -0.15) is 0 Å². The maximum Gasteiger partial charge on any atom is 0.188 e. The highest BCUT2D eigenvalue weighted by Gasteiger charge is 2.26. The molecule has 1 saturated heterocycles. The van der Waals surface area contributed by atoms with Gasteiger partial charge in [0.05, 0.1) is 0 Å². The number of nitrogens with two attached hydrogens (primary N) is 1. The fourth-order valence-electron chi connectivity index (χ4n) is 2.80. The molecule has 1 aromatic rings. The first-order valence-corrected chi connectivity index (χ1v) is 6.78. The Kier molecular flexibility index (Phi) is 4.37. The number of nitrogens with zero attached hydrogens (tertiary/aromatic N) is 3. The van der Waals surface area contributed by atoms with Crippen molar-refractivity contribution in [1.82, 2.24) is 9.88 Å². The normalized spacial score (nSPS) is 21.2. The summed E-state index contributed by atoms with van der Waals surface area (Å²) in [6, 6.07) is 4.54. The zero-order valence-corrected chi connectivity index (χ0v) is 11.6. The number of pyridine rings is 1. The Labute approximate surface area is 114 Å². The van der Waals surface area contributed by atoms with Crippen LogP contribution < -0.4 is 5.73 Å². The minimum atomic E-state index is 0.0590. The molecule has 104 valence electrons. The second kappa shape index (κ2) is 6.02. The molecule has 19 heavy (non-hydrogen) atoms. The minimum Gasteiger partial charge on any atom is -0.409 e. The monoisotopic (exact) mass is 262 g/mol. The summed E-state index contributed by atoms with van der Waals surface area (Å²) in [7, 11) is 0. The lowest BCUT2D eigenvalue weighted by atomic mass is 10.0. The highest BCUT2D eigenvalue weighted by atomic mass is 16.4. The number of hydrogen-bond donors (Lipinski definition) is 2. The molecule has 2 rings (SSSR count). The van der Waals surface area contributed by atoms with Crippen LogP contribution in [0.5, 0.6) is 0 Å². The zero-order chi connectivity index (χ0) is 13.8. The topological polar surface area (TPSA) is 74.7 Å². The maximum atomic E-state index is 8.69. The highest BCUT2D eigenvalue weighted by molar-refractivity contribution is 5.95. The Morgan fingerprint density at radius 1 is 1.63 bits per heavy atom. The van der Waals surface area contributed by atoms with Gasteiger partial charge in [0.25, 0.3) is 0 Å². The van der Waals surface area contributed by atoms with Gasteiger partial charge in [-0.1, -0.05) is 19.0 Å². The number of aromatic nitrogens is 1. The number of oxime groups is 1. The molecular weight excluding hydrogens is 240 g/mol. The average Bonchev–Trinajstić information content (AvgIpc) is 2.86. The van der Waals surface area contributed by atoms with Crippen molar-refractivity contribution in [3.63, 3.8) is 0 Å². The first-order valence-electron chi connectivity index (χ1n) is 6.78. The molecule has 0 saturated carbocycles. The van der Waals surface area contributed by atoms with Crippen LogP contribution in [0.2, 0.25) is 0 Å². The molecule has 5 nitrogen and oxygen atoms in total. The van der Waals surface area contributed by atoms with Crippen molar-refractivity contribution in [2.75, 3.05) is 6.54 Å². The predicted octanol–water partition coefficient (Wildman–Crippen LogP) is 1.80. The molecule has 0 radical (unpaired) electrons. The van der Waals surface area contributed by atoms with E-state index in [0.29, 0.717) is 17.7 Å². The summed E-state index contributed by atoms with van der Waals surface area (Å²) < 4.78 is 0. The van der Waals surface area contributed by atoms with E-state index in [1.807, 2.05) is 12.1 Å². The average molecular weight is 262 g/mol. The summed E-state index contributed by atoms with van der Waals surface area (Å²) in [5.41, 5.74) is 7.26. The van der Waals surface area contributed by atoms with E-state index in [4.69, 9.17) is 10.9 Å². The fourth-order valence-corrected chi connectivity index (χ4v) is 2.80. The maximum absolute atomic E-state index is 8.69. The van der Waals surface area contributed by atoms with Gasteiger partial charge in [-0.25, -0.2) is 0 Å². The van der Waals surface area contributed by atoms with Crippen LogP contribution in [0.3, 0.4) is 0 Å². The van der Waals surface area contributed by atoms with Crippen molar-refractivity contribution in [1.29, 1.82) is 0 Å². The van der Waals surface area contributed by atoms with Crippen LogP contribution in [0.25, 0.3) is 0 Å². The molecule has 1 aromatic heterocycles. The third-order valence-electron chi connectivity index (χ3n) is 3.76. The molecule has 0 aromatic carbocycles. The van der Waals surface area contributed by atoms with Gasteiger partial charge in [0.1, 0.15) is 5.69 Å². The van der Waals surface area contributed by atoms with Gasteiger partial charge in [-0.05, 0) is 43.0 Å². The van der Waals surface area contributed by atoms with Gasteiger partial charge in [-0.15, -0.1) is 0 Å². The van der Waals surface area contributed by atoms with E-state index in [0.717, 1.165) is 18.7 Å². The van der Waals surface area contributed by atoms with Crippen LogP contribution in [0, 0.1) is 5.92 Å².